The van der Waals surface area contributed by atoms with Crippen LogP contribution in [0, 0.1) is 32.6 Å². The molecule has 0 bridgehead atoms. The minimum absolute atomic E-state index is 0.218. The lowest BCUT2D eigenvalue weighted by atomic mass is 10.0. The molecule has 0 saturated carbocycles. The summed E-state index contributed by atoms with van der Waals surface area (Å²) < 4.78 is 32.5. The monoisotopic (exact) mass is 363 g/mol. The van der Waals surface area contributed by atoms with Gasteiger partial charge in [0.1, 0.15) is 22.7 Å². The highest BCUT2D eigenvalue weighted by atomic mass is 32.2. The van der Waals surface area contributed by atoms with Gasteiger partial charge in [-0.25, -0.2) is 18.4 Å². The summed E-state index contributed by atoms with van der Waals surface area (Å²) in [6.07, 6.45) is 1.58. The summed E-state index contributed by atoms with van der Waals surface area (Å²) in [5, 5.41) is 3.78. The van der Waals surface area contributed by atoms with E-state index in [1.54, 1.807) is 24.5 Å². The van der Waals surface area contributed by atoms with Crippen molar-refractivity contribution in [2.24, 2.45) is 11.8 Å². The lowest BCUT2D eigenvalue weighted by molar-refractivity contribution is 0.389. The molecule has 2 saturated heterocycles. The van der Waals surface area contributed by atoms with Crippen LogP contribution in [0.2, 0.25) is 0 Å². The van der Waals surface area contributed by atoms with Gasteiger partial charge in [-0.3, -0.25) is 0 Å². The van der Waals surface area contributed by atoms with E-state index in [2.05, 4.69) is 20.0 Å². The highest BCUT2D eigenvalue weighted by Gasteiger charge is 2.45. The molecule has 4 heterocycles. The first-order chi connectivity index (χ1) is 11.9. The molecule has 0 amide bonds. The maximum atomic E-state index is 13.0. The number of rotatable bonds is 3. The Labute approximate surface area is 146 Å². The SMILES string of the molecule is Cc1cc(N2CC3CN(S(=O)(=O)c4c(C)noc4C)CC3C2)ncn1. The minimum Gasteiger partial charge on any atom is -0.360 e. The Hall–Kier alpha value is -2.00. The predicted octanol–water partition coefficient (Wildman–Crippen LogP) is 1.15. The molecule has 9 heteroatoms. The Balaban J connectivity index is 1.51. The van der Waals surface area contributed by atoms with Gasteiger partial charge in [0.25, 0.3) is 0 Å². The van der Waals surface area contributed by atoms with Crippen molar-refractivity contribution >= 4 is 15.8 Å². The zero-order valence-electron chi connectivity index (χ0n) is 14.5. The second-order valence-electron chi connectivity index (χ2n) is 6.92. The van der Waals surface area contributed by atoms with Gasteiger partial charge in [0, 0.05) is 37.9 Å². The van der Waals surface area contributed by atoms with Crippen molar-refractivity contribution in [3.8, 4) is 0 Å². The Morgan fingerprint density at radius 3 is 2.32 bits per heavy atom. The molecule has 2 aliphatic rings. The molecule has 2 aromatic rings. The van der Waals surface area contributed by atoms with Crippen molar-refractivity contribution in [2.75, 3.05) is 31.1 Å². The van der Waals surface area contributed by atoms with Gasteiger partial charge in [0.05, 0.1) is 0 Å². The highest BCUT2D eigenvalue weighted by molar-refractivity contribution is 7.89. The number of fused-ring (bicyclic) bond motifs is 1. The molecule has 0 radical (unpaired) electrons. The van der Waals surface area contributed by atoms with Gasteiger partial charge in [-0.05, 0) is 32.6 Å². The van der Waals surface area contributed by atoms with Gasteiger partial charge in [-0.15, -0.1) is 0 Å². The first kappa shape index (κ1) is 16.5. The second kappa shape index (κ2) is 5.77. The number of aryl methyl sites for hydroxylation is 3. The van der Waals surface area contributed by atoms with Crippen molar-refractivity contribution in [1.82, 2.24) is 19.4 Å². The standard InChI is InChI=1S/C16H21N5O3S/c1-10-4-15(18-9-17-10)20-5-13-7-21(8-14(13)6-20)25(22,23)16-11(2)19-24-12(16)3/h4,9,13-14H,5-8H2,1-3H3. The summed E-state index contributed by atoms with van der Waals surface area (Å²) in [5.74, 6) is 1.89. The molecular weight excluding hydrogens is 342 g/mol. The molecule has 0 spiro atoms. The van der Waals surface area contributed by atoms with Crippen LogP contribution in [-0.2, 0) is 10.0 Å². The number of sulfonamides is 1. The number of aromatic nitrogens is 3. The van der Waals surface area contributed by atoms with Crippen LogP contribution in [0.5, 0.6) is 0 Å². The summed E-state index contributed by atoms with van der Waals surface area (Å²) >= 11 is 0. The van der Waals surface area contributed by atoms with E-state index in [1.807, 2.05) is 13.0 Å². The van der Waals surface area contributed by atoms with Crippen LogP contribution < -0.4 is 4.90 Å². The van der Waals surface area contributed by atoms with Crippen LogP contribution in [0.4, 0.5) is 5.82 Å². The third-order valence-corrected chi connectivity index (χ3v) is 7.21. The summed E-state index contributed by atoms with van der Waals surface area (Å²) in [5.41, 5.74) is 1.36. The fraction of sp³-hybridized carbons (Fsp3) is 0.562. The molecule has 2 aromatic heterocycles. The molecule has 0 aromatic carbocycles. The molecular formula is C16H21N5O3S. The van der Waals surface area contributed by atoms with E-state index in [0.29, 0.717) is 36.4 Å². The lowest BCUT2D eigenvalue weighted by Gasteiger charge is -2.22. The van der Waals surface area contributed by atoms with Gasteiger partial charge >= 0.3 is 0 Å². The minimum atomic E-state index is -3.55. The molecule has 0 N–H and O–H groups in total. The molecule has 2 unspecified atom stereocenters. The van der Waals surface area contributed by atoms with Crippen molar-refractivity contribution in [3.05, 3.63) is 29.5 Å². The molecule has 2 fully saturated rings. The summed E-state index contributed by atoms with van der Waals surface area (Å²) in [6.45, 7) is 7.93. The van der Waals surface area contributed by atoms with E-state index in [0.717, 1.165) is 24.6 Å². The van der Waals surface area contributed by atoms with E-state index in [-0.39, 0.29) is 4.90 Å². The Morgan fingerprint density at radius 1 is 1.08 bits per heavy atom. The average Bonchev–Trinajstić information content (AvgIpc) is 3.20. The van der Waals surface area contributed by atoms with E-state index >= 15 is 0 Å². The fourth-order valence-corrected chi connectivity index (χ4v) is 5.76. The van der Waals surface area contributed by atoms with Crippen LogP contribution in [-0.4, -0.2) is 54.0 Å². The average molecular weight is 363 g/mol. The third kappa shape index (κ3) is 2.71. The van der Waals surface area contributed by atoms with Crippen LogP contribution in [0.3, 0.4) is 0 Å². The summed E-state index contributed by atoms with van der Waals surface area (Å²) in [6, 6.07) is 1.97. The molecule has 8 nitrogen and oxygen atoms in total. The topological polar surface area (TPSA) is 92.4 Å². The van der Waals surface area contributed by atoms with Gasteiger partial charge in [-0.1, -0.05) is 5.16 Å². The summed E-state index contributed by atoms with van der Waals surface area (Å²) in [4.78, 5) is 10.9. The Bertz CT molecular complexity index is 877. The molecule has 25 heavy (non-hydrogen) atoms. The Morgan fingerprint density at radius 2 is 1.76 bits per heavy atom. The van der Waals surface area contributed by atoms with E-state index in [9.17, 15) is 8.42 Å². The van der Waals surface area contributed by atoms with Gasteiger partial charge in [0.15, 0.2) is 5.76 Å². The molecule has 2 atom stereocenters. The quantitative estimate of drug-likeness (QED) is 0.807. The predicted molar refractivity (Wildman–Crippen MR) is 90.7 cm³/mol. The second-order valence-corrected chi connectivity index (χ2v) is 8.79. The van der Waals surface area contributed by atoms with Crippen molar-refractivity contribution < 1.29 is 12.9 Å². The molecule has 2 aliphatic heterocycles. The maximum Gasteiger partial charge on any atom is 0.248 e. The van der Waals surface area contributed by atoms with Crippen LogP contribution in [0.15, 0.2) is 21.8 Å². The number of nitrogens with zero attached hydrogens (tertiary/aromatic N) is 5. The zero-order valence-corrected chi connectivity index (χ0v) is 15.3. The smallest absolute Gasteiger partial charge is 0.248 e. The normalized spacial score (nSPS) is 24.0. The molecule has 134 valence electrons. The van der Waals surface area contributed by atoms with Crippen molar-refractivity contribution in [3.63, 3.8) is 0 Å². The van der Waals surface area contributed by atoms with Crippen LogP contribution >= 0.6 is 0 Å². The fourth-order valence-electron chi connectivity index (χ4n) is 3.92. The van der Waals surface area contributed by atoms with E-state index in [1.165, 1.54) is 0 Å². The van der Waals surface area contributed by atoms with Crippen molar-refractivity contribution in [1.29, 1.82) is 0 Å². The molecule has 4 rings (SSSR count). The number of anilines is 1. The van der Waals surface area contributed by atoms with E-state index < -0.39 is 10.0 Å². The molecule has 0 aliphatic carbocycles. The third-order valence-electron chi connectivity index (χ3n) is 5.13. The lowest BCUT2D eigenvalue weighted by Crippen LogP contribution is -2.34. The maximum absolute atomic E-state index is 13.0. The summed E-state index contributed by atoms with van der Waals surface area (Å²) in [7, 11) is -3.55. The highest BCUT2D eigenvalue weighted by Crippen LogP contribution is 2.36. The number of hydrogen-bond acceptors (Lipinski definition) is 7. The first-order valence-corrected chi connectivity index (χ1v) is 9.77. The Kier molecular flexibility index (Phi) is 3.80. The zero-order chi connectivity index (χ0) is 17.8. The first-order valence-electron chi connectivity index (χ1n) is 8.33. The van der Waals surface area contributed by atoms with Gasteiger partial charge in [-0.2, -0.15) is 4.31 Å². The largest absolute Gasteiger partial charge is 0.360 e. The van der Waals surface area contributed by atoms with Crippen LogP contribution in [0.25, 0.3) is 0 Å². The van der Waals surface area contributed by atoms with Crippen molar-refractivity contribution in [2.45, 2.75) is 25.7 Å². The van der Waals surface area contributed by atoms with Gasteiger partial charge < -0.3 is 9.42 Å². The number of hydrogen-bond donors (Lipinski definition) is 0. The van der Waals surface area contributed by atoms with Crippen LogP contribution in [0.1, 0.15) is 17.1 Å². The van der Waals surface area contributed by atoms with Gasteiger partial charge in [0.2, 0.25) is 10.0 Å². The van der Waals surface area contributed by atoms with E-state index in [4.69, 9.17) is 4.52 Å².